The summed E-state index contributed by atoms with van der Waals surface area (Å²) in [6.07, 6.45) is 5.82. The van der Waals surface area contributed by atoms with Crippen molar-refractivity contribution in [2.75, 3.05) is 24.5 Å². The topological polar surface area (TPSA) is 35.5 Å². The van der Waals surface area contributed by atoms with E-state index in [1.165, 1.54) is 5.69 Å². The van der Waals surface area contributed by atoms with E-state index in [9.17, 15) is 5.11 Å². The Hall–Kier alpha value is -1.58. The molecule has 1 aromatic rings. The lowest BCUT2D eigenvalue weighted by molar-refractivity contribution is 0.0441. The largest absolute Gasteiger partial charge is 0.388 e. The minimum atomic E-state index is -0.760. The van der Waals surface area contributed by atoms with E-state index in [1.54, 1.807) is 12.2 Å². The summed E-state index contributed by atoms with van der Waals surface area (Å²) in [6, 6.07) is 10.9. The fraction of sp³-hybridized carbons (Fsp3) is 0.444. The predicted molar refractivity (Wildman–Crippen MR) is 89.6 cm³/mol. The van der Waals surface area contributed by atoms with Gasteiger partial charge in [-0.15, -0.1) is 13.2 Å². The molecule has 21 heavy (non-hydrogen) atoms. The molecule has 2 N–H and O–H groups in total. The number of nitrogens with one attached hydrogen (secondary N) is 1. The fourth-order valence-electron chi connectivity index (χ4n) is 2.90. The maximum Gasteiger partial charge on any atom is 0.0839 e. The standard InChI is InChI=1S/C18H26N2O/c1-3-11-18(21,12-4-2)15-19-16-10-13-20(14-16)17-8-6-5-7-9-17/h3-9,16,19,21H,1-2,10-15H2. The van der Waals surface area contributed by atoms with Gasteiger partial charge in [-0.2, -0.15) is 0 Å². The van der Waals surface area contributed by atoms with Gasteiger partial charge in [-0.25, -0.2) is 0 Å². The maximum atomic E-state index is 10.5. The normalized spacial score (nSPS) is 18.7. The van der Waals surface area contributed by atoms with Crippen molar-refractivity contribution >= 4 is 5.69 Å². The van der Waals surface area contributed by atoms with Gasteiger partial charge in [0.15, 0.2) is 0 Å². The first-order valence-corrected chi connectivity index (χ1v) is 7.64. The Morgan fingerprint density at radius 1 is 1.24 bits per heavy atom. The quantitative estimate of drug-likeness (QED) is 0.721. The molecule has 0 amide bonds. The molecule has 1 saturated heterocycles. The first-order chi connectivity index (χ1) is 10.2. The molecule has 0 aliphatic carbocycles. The van der Waals surface area contributed by atoms with E-state index in [0.29, 0.717) is 25.4 Å². The molecule has 1 aliphatic heterocycles. The van der Waals surface area contributed by atoms with Crippen LogP contribution in [0, 0.1) is 0 Å². The van der Waals surface area contributed by atoms with Crippen LogP contribution in [0.2, 0.25) is 0 Å². The lowest BCUT2D eigenvalue weighted by atomic mass is 9.95. The Kier molecular flexibility index (Phi) is 5.59. The summed E-state index contributed by atoms with van der Waals surface area (Å²) in [5, 5.41) is 14.0. The zero-order valence-corrected chi connectivity index (χ0v) is 12.7. The number of aliphatic hydroxyl groups is 1. The minimum Gasteiger partial charge on any atom is -0.388 e. The summed E-state index contributed by atoms with van der Waals surface area (Å²) < 4.78 is 0. The Bertz CT molecular complexity index is 448. The van der Waals surface area contributed by atoms with Gasteiger partial charge in [0, 0.05) is 31.4 Å². The van der Waals surface area contributed by atoms with Crippen LogP contribution in [0.25, 0.3) is 0 Å². The van der Waals surface area contributed by atoms with Crippen molar-refractivity contribution in [3.05, 3.63) is 55.6 Å². The highest BCUT2D eigenvalue weighted by Crippen LogP contribution is 2.21. The van der Waals surface area contributed by atoms with E-state index in [4.69, 9.17) is 0 Å². The van der Waals surface area contributed by atoms with Crippen LogP contribution in [-0.2, 0) is 0 Å². The van der Waals surface area contributed by atoms with Gasteiger partial charge >= 0.3 is 0 Å². The number of anilines is 1. The zero-order valence-electron chi connectivity index (χ0n) is 12.7. The molecule has 1 aromatic carbocycles. The number of hydrogen-bond donors (Lipinski definition) is 2. The third-order valence-electron chi connectivity index (χ3n) is 4.08. The summed E-state index contributed by atoms with van der Waals surface area (Å²) in [5.41, 5.74) is 0.512. The third-order valence-corrected chi connectivity index (χ3v) is 4.08. The van der Waals surface area contributed by atoms with E-state index in [1.807, 2.05) is 6.07 Å². The SMILES string of the molecule is C=CCC(O)(CC=C)CNC1CCN(c2ccccc2)C1. The lowest BCUT2D eigenvalue weighted by Crippen LogP contribution is -2.45. The van der Waals surface area contributed by atoms with Crippen LogP contribution in [0.3, 0.4) is 0 Å². The van der Waals surface area contributed by atoms with Gasteiger partial charge in [0.1, 0.15) is 0 Å². The molecule has 1 fully saturated rings. The van der Waals surface area contributed by atoms with Crippen molar-refractivity contribution in [2.24, 2.45) is 0 Å². The average molecular weight is 286 g/mol. The van der Waals surface area contributed by atoms with Crippen molar-refractivity contribution in [1.82, 2.24) is 5.32 Å². The van der Waals surface area contributed by atoms with Gasteiger partial charge in [0.25, 0.3) is 0 Å². The monoisotopic (exact) mass is 286 g/mol. The number of para-hydroxylation sites is 1. The highest BCUT2D eigenvalue weighted by atomic mass is 16.3. The summed E-state index contributed by atoms with van der Waals surface area (Å²) in [6.45, 7) is 10.1. The van der Waals surface area contributed by atoms with Crippen LogP contribution in [0.1, 0.15) is 19.3 Å². The second kappa shape index (κ2) is 7.43. The maximum absolute atomic E-state index is 10.5. The van der Waals surface area contributed by atoms with Gasteiger partial charge in [-0.05, 0) is 31.4 Å². The van der Waals surface area contributed by atoms with Crippen molar-refractivity contribution in [3.63, 3.8) is 0 Å². The Morgan fingerprint density at radius 3 is 2.52 bits per heavy atom. The fourth-order valence-corrected chi connectivity index (χ4v) is 2.90. The molecule has 1 heterocycles. The highest BCUT2D eigenvalue weighted by Gasteiger charge is 2.28. The van der Waals surface area contributed by atoms with Crippen LogP contribution in [0.5, 0.6) is 0 Å². The summed E-state index contributed by atoms with van der Waals surface area (Å²) in [4.78, 5) is 2.39. The van der Waals surface area contributed by atoms with Crippen molar-refractivity contribution < 1.29 is 5.11 Å². The highest BCUT2D eigenvalue weighted by molar-refractivity contribution is 5.47. The third kappa shape index (κ3) is 4.45. The summed E-state index contributed by atoms with van der Waals surface area (Å²) in [7, 11) is 0. The molecule has 1 atom stereocenters. The molecule has 114 valence electrons. The molecular formula is C18H26N2O. The predicted octanol–water partition coefficient (Wildman–Crippen LogP) is 2.74. The Morgan fingerprint density at radius 2 is 1.90 bits per heavy atom. The molecule has 3 heteroatoms. The van der Waals surface area contributed by atoms with Crippen LogP contribution < -0.4 is 10.2 Å². The molecule has 0 radical (unpaired) electrons. The smallest absolute Gasteiger partial charge is 0.0839 e. The van der Waals surface area contributed by atoms with E-state index in [2.05, 4.69) is 47.6 Å². The van der Waals surface area contributed by atoms with E-state index < -0.39 is 5.60 Å². The molecule has 0 aromatic heterocycles. The van der Waals surface area contributed by atoms with Crippen LogP contribution in [0.4, 0.5) is 5.69 Å². The molecule has 0 saturated carbocycles. The van der Waals surface area contributed by atoms with Crippen LogP contribution in [-0.4, -0.2) is 36.4 Å². The number of benzene rings is 1. The lowest BCUT2D eigenvalue weighted by Gasteiger charge is -2.28. The second-order valence-corrected chi connectivity index (χ2v) is 5.86. The van der Waals surface area contributed by atoms with Gasteiger partial charge < -0.3 is 15.3 Å². The summed E-state index contributed by atoms with van der Waals surface area (Å²) >= 11 is 0. The molecule has 1 aliphatic rings. The second-order valence-electron chi connectivity index (χ2n) is 5.86. The van der Waals surface area contributed by atoms with Crippen molar-refractivity contribution in [3.8, 4) is 0 Å². The summed E-state index contributed by atoms with van der Waals surface area (Å²) in [5.74, 6) is 0. The van der Waals surface area contributed by atoms with Gasteiger partial charge in [-0.1, -0.05) is 30.4 Å². The molecule has 0 bridgehead atoms. The van der Waals surface area contributed by atoms with Gasteiger partial charge in [0.05, 0.1) is 5.60 Å². The van der Waals surface area contributed by atoms with E-state index in [0.717, 1.165) is 19.5 Å². The molecule has 1 unspecified atom stereocenters. The van der Waals surface area contributed by atoms with Crippen LogP contribution >= 0.6 is 0 Å². The zero-order chi connectivity index (χ0) is 15.1. The van der Waals surface area contributed by atoms with Gasteiger partial charge in [0.2, 0.25) is 0 Å². The van der Waals surface area contributed by atoms with Crippen LogP contribution in [0.15, 0.2) is 55.6 Å². The Balaban J connectivity index is 1.85. The van der Waals surface area contributed by atoms with E-state index >= 15 is 0 Å². The first-order valence-electron chi connectivity index (χ1n) is 7.64. The molecule has 0 spiro atoms. The average Bonchev–Trinajstić information content (AvgIpc) is 2.96. The minimum absolute atomic E-state index is 0.423. The first kappa shape index (κ1) is 15.8. The molecule has 3 nitrogen and oxygen atoms in total. The van der Waals surface area contributed by atoms with E-state index in [-0.39, 0.29) is 0 Å². The van der Waals surface area contributed by atoms with Gasteiger partial charge in [-0.3, -0.25) is 0 Å². The number of nitrogens with zero attached hydrogens (tertiary/aromatic N) is 1. The Labute approximate surface area is 128 Å². The number of rotatable bonds is 8. The molecule has 2 rings (SSSR count). The molecular weight excluding hydrogens is 260 g/mol. The van der Waals surface area contributed by atoms with Crippen molar-refractivity contribution in [1.29, 1.82) is 0 Å². The number of hydrogen-bond acceptors (Lipinski definition) is 3. The van der Waals surface area contributed by atoms with Crippen molar-refractivity contribution in [2.45, 2.75) is 30.9 Å².